The summed E-state index contributed by atoms with van der Waals surface area (Å²) in [6, 6.07) is 4.35. The number of thiazole rings is 1. The third kappa shape index (κ3) is 4.74. The maximum atomic E-state index is 7.64. The Labute approximate surface area is 199 Å². The standard InChI is InChI=1S/C24H30N6S2/c1-10-30(11-2)23-26-18(17-15(4)12-14(3)13-16(17)5)21(31-23)27-28-22-19(25-9)20(29-32-22)24(6,7)8/h12-13H,10-11H2,1-8H3. The highest BCUT2D eigenvalue weighted by Gasteiger charge is 2.25. The lowest BCUT2D eigenvalue weighted by molar-refractivity contribution is 0.579. The number of hydrogen-bond donors (Lipinski definition) is 0. The van der Waals surface area contributed by atoms with Crippen LogP contribution in [0.4, 0.5) is 20.8 Å². The van der Waals surface area contributed by atoms with Gasteiger partial charge in [0.15, 0.2) is 15.1 Å². The van der Waals surface area contributed by atoms with Crippen LogP contribution in [0, 0.1) is 27.3 Å². The molecule has 0 unspecified atom stereocenters. The first kappa shape index (κ1) is 24.0. The topological polar surface area (TPSA) is 58.1 Å². The molecule has 0 spiro atoms. The molecular formula is C24H30N6S2. The molecule has 168 valence electrons. The van der Waals surface area contributed by atoms with Crippen LogP contribution in [0.2, 0.25) is 0 Å². The average molecular weight is 467 g/mol. The van der Waals surface area contributed by atoms with Crippen LogP contribution in [0.1, 0.15) is 57.0 Å². The fraction of sp³-hybridized carbons (Fsp3) is 0.458. The minimum Gasteiger partial charge on any atom is -0.349 e. The third-order valence-corrected chi connectivity index (χ3v) is 6.97. The van der Waals surface area contributed by atoms with Gasteiger partial charge in [0.25, 0.3) is 0 Å². The number of aryl methyl sites for hydroxylation is 3. The summed E-state index contributed by atoms with van der Waals surface area (Å²) >= 11 is 2.77. The molecule has 0 aliphatic rings. The van der Waals surface area contributed by atoms with Gasteiger partial charge < -0.3 is 4.90 Å². The maximum Gasteiger partial charge on any atom is 0.248 e. The van der Waals surface area contributed by atoms with E-state index in [2.05, 4.69) is 91.9 Å². The SMILES string of the molecule is [C-]#[N+]c1c(C(C)(C)C)nsc1N=Nc1sc(N(CC)CC)nc1-c1c(C)cc(C)cc1C. The molecule has 0 radical (unpaired) electrons. The van der Waals surface area contributed by atoms with Crippen molar-refractivity contribution in [1.82, 2.24) is 9.36 Å². The van der Waals surface area contributed by atoms with E-state index in [-0.39, 0.29) is 5.41 Å². The average Bonchev–Trinajstić information content (AvgIpc) is 3.30. The zero-order valence-electron chi connectivity index (χ0n) is 20.1. The van der Waals surface area contributed by atoms with Gasteiger partial charge >= 0.3 is 0 Å². The van der Waals surface area contributed by atoms with Crippen LogP contribution in [0.25, 0.3) is 16.1 Å². The summed E-state index contributed by atoms with van der Waals surface area (Å²) in [5.41, 5.74) is 6.56. The number of rotatable bonds is 6. The molecule has 0 amide bonds. The van der Waals surface area contributed by atoms with Crippen LogP contribution in [0.5, 0.6) is 0 Å². The molecule has 0 aliphatic carbocycles. The Morgan fingerprint density at radius 2 is 1.62 bits per heavy atom. The molecule has 0 saturated heterocycles. The second-order valence-electron chi connectivity index (χ2n) is 8.84. The van der Waals surface area contributed by atoms with E-state index in [1.807, 2.05) is 0 Å². The molecule has 0 N–H and O–H groups in total. The van der Waals surface area contributed by atoms with Gasteiger partial charge in [0.05, 0.1) is 12.3 Å². The van der Waals surface area contributed by atoms with E-state index < -0.39 is 0 Å². The Balaban J connectivity index is 2.15. The van der Waals surface area contributed by atoms with E-state index >= 15 is 0 Å². The lowest BCUT2D eigenvalue weighted by Gasteiger charge is -2.16. The predicted octanol–water partition coefficient (Wildman–Crippen LogP) is 8.30. The summed E-state index contributed by atoms with van der Waals surface area (Å²) in [7, 11) is 0. The minimum absolute atomic E-state index is 0.216. The highest BCUT2D eigenvalue weighted by molar-refractivity contribution is 7.19. The molecule has 3 aromatic rings. The van der Waals surface area contributed by atoms with Gasteiger partial charge in [-0.1, -0.05) is 49.8 Å². The Morgan fingerprint density at radius 1 is 1.03 bits per heavy atom. The molecule has 6 nitrogen and oxygen atoms in total. The minimum atomic E-state index is -0.216. The van der Waals surface area contributed by atoms with Crippen molar-refractivity contribution in [3.05, 3.63) is 45.9 Å². The summed E-state index contributed by atoms with van der Waals surface area (Å²) in [5.74, 6) is 0. The lowest BCUT2D eigenvalue weighted by Crippen LogP contribution is -2.21. The van der Waals surface area contributed by atoms with E-state index in [4.69, 9.17) is 11.6 Å². The summed E-state index contributed by atoms with van der Waals surface area (Å²) in [4.78, 5) is 10.9. The molecule has 0 aliphatic heterocycles. The molecular weight excluding hydrogens is 436 g/mol. The van der Waals surface area contributed by atoms with Crippen molar-refractivity contribution < 1.29 is 0 Å². The van der Waals surface area contributed by atoms with E-state index in [9.17, 15) is 0 Å². The van der Waals surface area contributed by atoms with Gasteiger partial charge in [0.1, 0.15) is 5.69 Å². The van der Waals surface area contributed by atoms with E-state index in [0.717, 1.165) is 40.2 Å². The summed E-state index contributed by atoms with van der Waals surface area (Å²) in [6.45, 7) is 26.1. The molecule has 2 aromatic heterocycles. The van der Waals surface area contributed by atoms with E-state index in [1.54, 1.807) is 0 Å². The van der Waals surface area contributed by atoms with Gasteiger partial charge in [0, 0.05) is 18.7 Å². The number of azo groups is 1. The largest absolute Gasteiger partial charge is 0.349 e. The van der Waals surface area contributed by atoms with Crippen LogP contribution >= 0.6 is 22.9 Å². The van der Waals surface area contributed by atoms with Gasteiger partial charge in [-0.15, -0.1) is 10.2 Å². The van der Waals surface area contributed by atoms with E-state index in [0.29, 0.717) is 10.7 Å². The number of nitrogens with zero attached hydrogens (tertiary/aromatic N) is 6. The monoisotopic (exact) mass is 466 g/mol. The molecule has 1 aromatic carbocycles. The van der Waals surface area contributed by atoms with Crippen molar-refractivity contribution in [3.63, 3.8) is 0 Å². The highest BCUT2D eigenvalue weighted by atomic mass is 32.1. The molecule has 2 heterocycles. The summed E-state index contributed by atoms with van der Waals surface area (Å²) in [6.07, 6.45) is 0. The normalized spacial score (nSPS) is 11.8. The smallest absolute Gasteiger partial charge is 0.248 e. The second-order valence-corrected chi connectivity index (χ2v) is 10.6. The van der Waals surface area contributed by atoms with Gasteiger partial charge in [-0.3, -0.25) is 0 Å². The summed E-state index contributed by atoms with van der Waals surface area (Å²) in [5, 5.41) is 11.3. The second kappa shape index (κ2) is 9.47. The van der Waals surface area contributed by atoms with Crippen LogP contribution < -0.4 is 4.90 Å². The number of hydrogen-bond acceptors (Lipinski definition) is 7. The van der Waals surface area contributed by atoms with Crippen LogP contribution in [0.15, 0.2) is 22.4 Å². The molecule has 0 atom stereocenters. The Hall–Kier alpha value is -2.63. The fourth-order valence-corrected chi connectivity index (χ4v) is 5.61. The highest BCUT2D eigenvalue weighted by Crippen LogP contribution is 2.45. The van der Waals surface area contributed by atoms with Gasteiger partial charge in [0.2, 0.25) is 5.69 Å². The first-order valence-electron chi connectivity index (χ1n) is 10.7. The van der Waals surface area contributed by atoms with Crippen molar-refractivity contribution in [2.45, 2.75) is 60.8 Å². The van der Waals surface area contributed by atoms with Crippen LogP contribution in [-0.4, -0.2) is 22.4 Å². The van der Waals surface area contributed by atoms with Crippen molar-refractivity contribution in [3.8, 4) is 11.3 Å². The van der Waals surface area contributed by atoms with Gasteiger partial charge in [-0.2, -0.15) is 0 Å². The van der Waals surface area contributed by atoms with Crippen molar-refractivity contribution in [2.24, 2.45) is 10.2 Å². The predicted molar refractivity (Wildman–Crippen MR) is 137 cm³/mol. The Bertz CT molecular complexity index is 1160. The van der Waals surface area contributed by atoms with Gasteiger partial charge in [-0.25, -0.2) is 14.2 Å². The zero-order valence-corrected chi connectivity index (χ0v) is 21.7. The Morgan fingerprint density at radius 3 is 2.16 bits per heavy atom. The van der Waals surface area contributed by atoms with E-state index in [1.165, 1.54) is 39.6 Å². The molecule has 0 bridgehead atoms. The number of anilines is 1. The molecule has 0 saturated carbocycles. The molecule has 3 rings (SSSR count). The van der Waals surface area contributed by atoms with Gasteiger partial charge in [-0.05, 0) is 62.7 Å². The maximum absolute atomic E-state index is 7.64. The molecule has 32 heavy (non-hydrogen) atoms. The first-order valence-corrected chi connectivity index (χ1v) is 12.3. The van der Waals surface area contributed by atoms with Crippen molar-refractivity contribution in [2.75, 3.05) is 18.0 Å². The zero-order chi connectivity index (χ0) is 23.6. The van der Waals surface area contributed by atoms with Crippen molar-refractivity contribution in [1.29, 1.82) is 0 Å². The molecule has 8 heteroatoms. The quantitative estimate of drug-likeness (QED) is 0.271. The Kier molecular flexibility index (Phi) is 7.11. The fourth-order valence-electron chi connectivity index (χ4n) is 3.74. The molecule has 0 fully saturated rings. The van der Waals surface area contributed by atoms with Crippen LogP contribution in [0.3, 0.4) is 0 Å². The number of benzene rings is 1. The van der Waals surface area contributed by atoms with Crippen LogP contribution in [-0.2, 0) is 5.41 Å². The summed E-state index contributed by atoms with van der Waals surface area (Å²) < 4.78 is 4.50. The number of aromatic nitrogens is 2. The van der Waals surface area contributed by atoms with Crippen molar-refractivity contribution >= 4 is 43.7 Å². The third-order valence-electron chi connectivity index (χ3n) is 5.25. The lowest BCUT2D eigenvalue weighted by atomic mass is 9.91. The first-order chi connectivity index (χ1) is 15.1.